The van der Waals surface area contributed by atoms with Crippen molar-refractivity contribution in [3.8, 4) is 11.8 Å². The number of nitriles is 1. The molecule has 0 saturated carbocycles. The van der Waals surface area contributed by atoms with E-state index in [1.807, 2.05) is 10.8 Å². The quantitative estimate of drug-likeness (QED) is 0.475. The van der Waals surface area contributed by atoms with Gasteiger partial charge in [-0.3, -0.25) is 9.36 Å². The van der Waals surface area contributed by atoms with E-state index < -0.39 is 0 Å². The van der Waals surface area contributed by atoms with Gasteiger partial charge in [0, 0.05) is 24.7 Å². The molecule has 1 amide bonds. The number of anilines is 1. The summed E-state index contributed by atoms with van der Waals surface area (Å²) in [6.45, 7) is 5.61. The minimum absolute atomic E-state index is 0.134. The lowest BCUT2D eigenvalue weighted by Gasteiger charge is -2.20. The van der Waals surface area contributed by atoms with Gasteiger partial charge in [0.2, 0.25) is 5.91 Å². The van der Waals surface area contributed by atoms with Crippen LogP contribution in [-0.4, -0.2) is 38.5 Å². The number of aryl methyl sites for hydroxylation is 2. The highest BCUT2D eigenvalue weighted by Gasteiger charge is 2.28. The summed E-state index contributed by atoms with van der Waals surface area (Å²) in [5.74, 6) is 0.714. The van der Waals surface area contributed by atoms with Crippen molar-refractivity contribution in [3.63, 3.8) is 0 Å². The number of amides is 1. The monoisotopic (exact) mass is 489 g/mol. The summed E-state index contributed by atoms with van der Waals surface area (Å²) in [7, 11) is 0. The lowest BCUT2D eigenvalue weighted by molar-refractivity contribution is -0.113. The zero-order valence-electron chi connectivity index (χ0n) is 20.3. The Labute approximate surface area is 210 Å². The molecule has 1 aromatic carbocycles. The summed E-state index contributed by atoms with van der Waals surface area (Å²) >= 11 is 1.40. The van der Waals surface area contributed by atoms with Gasteiger partial charge in [-0.25, -0.2) is 4.98 Å². The molecule has 1 unspecified atom stereocenters. The first-order valence-corrected chi connectivity index (χ1v) is 13.3. The molecule has 1 aliphatic heterocycles. The van der Waals surface area contributed by atoms with Crippen molar-refractivity contribution in [1.29, 1.82) is 5.26 Å². The normalized spacial score (nSPS) is 17.2. The van der Waals surface area contributed by atoms with Crippen LogP contribution in [0.15, 0.2) is 35.7 Å². The third kappa shape index (κ3) is 4.89. The number of carbonyl (C=O) groups is 1. The lowest BCUT2D eigenvalue weighted by atomic mass is 9.95. The Morgan fingerprint density at radius 3 is 2.94 bits per heavy atom. The van der Waals surface area contributed by atoms with E-state index in [0.29, 0.717) is 17.9 Å². The molecule has 35 heavy (non-hydrogen) atoms. The van der Waals surface area contributed by atoms with Crippen LogP contribution in [0, 0.1) is 25.2 Å². The lowest BCUT2D eigenvalue weighted by Crippen LogP contribution is -2.23. The van der Waals surface area contributed by atoms with E-state index in [9.17, 15) is 10.1 Å². The molecule has 3 heterocycles. The fourth-order valence-electron chi connectivity index (χ4n) is 5.17. The molecule has 1 saturated heterocycles. The topological polar surface area (TPSA) is 84.9 Å². The first kappa shape index (κ1) is 23.7. The summed E-state index contributed by atoms with van der Waals surface area (Å²) in [6.07, 6.45) is 9.91. The number of carbonyl (C=O) groups excluding carboxylic acids is 1. The first-order valence-electron chi connectivity index (χ1n) is 12.3. The number of nitrogens with one attached hydrogen (secondary N) is 1. The summed E-state index contributed by atoms with van der Waals surface area (Å²) in [5, 5.41) is 13.8. The van der Waals surface area contributed by atoms with Gasteiger partial charge < -0.3 is 14.6 Å². The molecule has 182 valence electrons. The van der Waals surface area contributed by atoms with Crippen LogP contribution in [0.3, 0.4) is 0 Å². The van der Waals surface area contributed by atoms with Crippen molar-refractivity contribution in [3.05, 3.63) is 58.5 Å². The van der Waals surface area contributed by atoms with E-state index in [1.54, 1.807) is 6.20 Å². The predicted octanol–water partition coefficient (Wildman–Crippen LogP) is 4.95. The molecule has 1 aliphatic carbocycles. The van der Waals surface area contributed by atoms with E-state index in [1.165, 1.54) is 23.0 Å². The molecule has 0 radical (unpaired) electrons. The Bertz CT molecular complexity index is 1280. The van der Waals surface area contributed by atoms with Gasteiger partial charge >= 0.3 is 0 Å². The number of nitrogens with zero attached hydrogens (tertiary/aromatic N) is 4. The number of hydrogen-bond acceptors (Lipinski definition) is 5. The van der Waals surface area contributed by atoms with Crippen LogP contribution in [0.1, 0.15) is 53.6 Å². The van der Waals surface area contributed by atoms with Gasteiger partial charge in [-0.1, -0.05) is 23.9 Å². The molecule has 1 atom stereocenters. The summed E-state index contributed by atoms with van der Waals surface area (Å²) in [5.41, 5.74) is 6.30. The minimum atomic E-state index is -0.134. The van der Waals surface area contributed by atoms with E-state index in [0.717, 1.165) is 67.1 Å². The van der Waals surface area contributed by atoms with Crippen molar-refractivity contribution < 1.29 is 9.53 Å². The van der Waals surface area contributed by atoms with Crippen LogP contribution < -0.4 is 5.32 Å². The van der Waals surface area contributed by atoms with Gasteiger partial charge in [-0.15, -0.1) is 0 Å². The molecular formula is C27H31N5O2S. The standard InChI is InChI=1S/C27H31N5O2S/c1-18-9-10-19(2)24(14-18)31-12-11-29-27(31)35-17-25(33)30-26-22(15-28)21-7-3-4-8-23(21)32(26)16-20-6-5-13-34-20/h9-12,14,20H,3-8,13,16-17H2,1-2H3,(H,30,33). The van der Waals surface area contributed by atoms with Gasteiger partial charge in [-0.05, 0) is 75.1 Å². The smallest absolute Gasteiger partial charge is 0.235 e. The molecule has 0 spiro atoms. The maximum atomic E-state index is 13.1. The average Bonchev–Trinajstić information content (AvgIpc) is 3.60. The third-order valence-electron chi connectivity index (χ3n) is 6.92. The van der Waals surface area contributed by atoms with Crippen molar-refractivity contribution in [1.82, 2.24) is 14.1 Å². The Hall–Kier alpha value is -3.02. The second kappa shape index (κ2) is 10.3. The Morgan fingerprint density at radius 2 is 2.14 bits per heavy atom. The van der Waals surface area contributed by atoms with Crippen LogP contribution in [0.25, 0.3) is 5.69 Å². The molecule has 0 bridgehead atoms. The van der Waals surface area contributed by atoms with E-state index in [4.69, 9.17) is 4.74 Å². The zero-order chi connectivity index (χ0) is 24.4. The van der Waals surface area contributed by atoms with Crippen molar-refractivity contribution in [2.24, 2.45) is 0 Å². The summed E-state index contributed by atoms with van der Waals surface area (Å²) < 4.78 is 10.1. The molecule has 1 fully saturated rings. The van der Waals surface area contributed by atoms with Crippen LogP contribution in [0.2, 0.25) is 0 Å². The Balaban J connectivity index is 1.36. The van der Waals surface area contributed by atoms with Crippen molar-refractivity contribution in [2.75, 3.05) is 17.7 Å². The molecular weight excluding hydrogens is 458 g/mol. The number of rotatable bonds is 7. The Kier molecular flexibility index (Phi) is 6.98. The van der Waals surface area contributed by atoms with Gasteiger partial charge in [0.05, 0.1) is 29.7 Å². The molecule has 7 nitrogen and oxygen atoms in total. The predicted molar refractivity (Wildman–Crippen MR) is 137 cm³/mol. The first-order chi connectivity index (χ1) is 17.0. The largest absolute Gasteiger partial charge is 0.376 e. The maximum absolute atomic E-state index is 13.1. The van der Waals surface area contributed by atoms with E-state index in [-0.39, 0.29) is 17.8 Å². The molecule has 8 heteroatoms. The highest BCUT2D eigenvalue weighted by atomic mass is 32.2. The SMILES string of the molecule is Cc1ccc(C)c(-n2ccnc2SCC(=O)Nc2c(C#N)c3c(n2CC2CCCO2)CCCC3)c1. The zero-order valence-corrected chi connectivity index (χ0v) is 21.2. The number of hydrogen-bond donors (Lipinski definition) is 1. The number of fused-ring (bicyclic) bond motifs is 1. The minimum Gasteiger partial charge on any atom is -0.376 e. The fourth-order valence-corrected chi connectivity index (χ4v) is 5.94. The third-order valence-corrected chi connectivity index (χ3v) is 7.88. The number of ether oxygens (including phenoxy) is 1. The van der Waals surface area contributed by atoms with Gasteiger partial charge in [-0.2, -0.15) is 5.26 Å². The Morgan fingerprint density at radius 1 is 1.29 bits per heavy atom. The molecule has 3 aromatic rings. The molecule has 2 aliphatic rings. The van der Waals surface area contributed by atoms with Crippen LogP contribution >= 0.6 is 11.8 Å². The van der Waals surface area contributed by atoms with E-state index in [2.05, 4.69) is 53.0 Å². The second-order valence-electron chi connectivity index (χ2n) is 9.42. The van der Waals surface area contributed by atoms with Crippen LogP contribution in [-0.2, 0) is 28.9 Å². The average molecular weight is 490 g/mol. The van der Waals surface area contributed by atoms with Gasteiger partial charge in [0.1, 0.15) is 11.9 Å². The van der Waals surface area contributed by atoms with Crippen molar-refractivity contribution >= 4 is 23.5 Å². The highest BCUT2D eigenvalue weighted by Crippen LogP contribution is 2.34. The van der Waals surface area contributed by atoms with E-state index >= 15 is 0 Å². The van der Waals surface area contributed by atoms with Gasteiger partial charge in [0.15, 0.2) is 5.16 Å². The number of benzene rings is 1. The van der Waals surface area contributed by atoms with Crippen LogP contribution in [0.5, 0.6) is 0 Å². The summed E-state index contributed by atoms with van der Waals surface area (Å²) in [4.78, 5) is 17.6. The van der Waals surface area contributed by atoms with Crippen LogP contribution in [0.4, 0.5) is 5.82 Å². The van der Waals surface area contributed by atoms with Gasteiger partial charge in [0.25, 0.3) is 0 Å². The summed E-state index contributed by atoms with van der Waals surface area (Å²) in [6, 6.07) is 8.70. The number of thioether (sulfide) groups is 1. The fraction of sp³-hybridized carbons (Fsp3) is 0.444. The molecule has 5 rings (SSSR count). The number of aromatic nitrogens is 3. The molecule has 1 N–H and O–H groups in total. The highest BCUT2D eigenvalue weighted by molar-refractivity contribution is 7.99. The van der Waals surface area contributed by atoms with Crippen molar-refractivity contribution in [2.45, 2.75) is 70.2 Å². The number of imidazole rings is 1. The maximum Gasteiger partial charge on any atom is 0.235 e. The second-order valence-corrected chi connectivity index (χ2v) is 10.4. The molecule has 2 aromatic heterocycles.